The number of benzene rings is 2. The van der Waals surface area contributed by atoms with Crippen LogP contribution in [0.15, 0.2) is 47.6 Å². The number of alkyl halides is 3. The van der Waals surface area contributed by atoms with Crippen LogP contribution in [0.4, 0.5) is 19.1 Å². The molecule has 2 heterocycles. The van der Waals surface area contributed by atoms with E-state index in [1.165, 1.54) is 20.4 Å². The van der Waals surface area contributed by atoms with Crippen LogP contribution in [0.1, 0.15) is 16.7 Å². The van der Waals surface area contributed by atoms with E-state index in [9.17, 15) is 13.2 Å². The highest BCUT2D eigenvalue weighted by Crippen LogP contribution is 2.29. The second-order valence-corrected chi connectivity index (χ2v) is 8.55. The Bertz CT molecular complexity index is 1460. The molecule has 9 nitrogen and oxygen atoms in total. The summed E-state index contributed by atoms with van der Waals surface area (Å²) in [6, 6.07) is 10.5. The van der Waals surface area contributed by atoms with Crippen molar-refractivity contribution in [2.75, 3.05) is 33.0 Å². The number of rotatable bonds is 6. The predicted molar refractivity (Wildman–Crippen MR) is 137 cm³/mol. The summed E-state index contributed by atoms with van der Waals surface area (Å²) < 4.78 is 45.1. The second kappa shape index (κ2) is 10.4. The first-order valence-corrected chi connectivity index (χ1v) is 11.4. The van der Waals surface area contributed by atoms with E-state index in [4.69, 9.17) is 21.3 Å². The zero-order valence-corrected chi connectivity index (χ0v) is 20.3. The third-order valence-electron chi connectivity index (χ3n) is 6.02. The monoisotopic (exact) mass is 512 g/mol. The number of ether oxygens (including phenoxy) is 1. The number of para-hydroxylation sites is 1. The van der Waals surface area contributed by atoms with Gasteiger partial charge in [0.15, 0.2) is 5.95 Å². The fourth-order valence-electron chi connectivity index (χ4n) is 4.32. The summed E-state index contributed by atoms with van der Waals surface area (Å²) in [7, 11) is 3.03. The zero-order chi connectivity index (χ0) is 26.7. The minimum absolute atomic E-state index is 0.0835. The zero-order valence-electron chi connectivity index (χ0n) is 20.3. The van der Waals surface area contributed by atoms with Crippen LogP contribution in [0.5, 0.6) is 5.75 Å². The number of nitrogens with one attached hydrogen (secondary N) is 4. The van der Waals surface area contributed by atoms with Crippen molar-refractivity contribution < 1.29 is 17.9 Å². The molecule has 3 aromatic rings. The molecule has 0 spiro atoms. The topological polar surface area (TPSA) is 139 Å². The summed E-state index contributed by atoms with van der Waals surface area (Å²) in [6.07, 6.45) is -2.90. The lowest BCUT2D eigenvalue weighted by atomic mass is 9.93. The number of hydrogen-bond acceptors (Lipinski definition) is 7. The standard InChI is InChI=1S/C25H27F3N8O/c1-32-11-18(22(30)25(26,27)28)15-7-6-14-8-9-36(12-16(14)10-15)13-20(29)33-23-17-4-3-5-19(37-2)21(17)34-24(31)35-23/h3-7,10-11,30,32H,8-9,12-13H2,1-2H3,(H4,29,31,33,34,35)/b18-11-,30-22?. The number of nitrogens with two attached hydrogens (primary N) is 1. The summed E-state index contributed by atoms with van der Waals surface area (Å²) in [4.78, 5) is 13.6. The Labute approximate surface area is 210 Å². The van der Waals surface area contributed by atoms with Crippen molar-refractivity contribution in [3.05, 3.63) is 64.8 Å². The van der Waals surface area contributed by atoms with Gasteiger partial charge in [0.1, 0.15) is 28.3 Å². The SMILES string of the molecule is CN/C=C(\C(=N)C(F)(F)F)c1ccc2c(c1)CN(CC(=N)/N=c1\[nH]c(N)nc3c(OC)cccc13)CC2. The first-order valence-electron chi connectivity index (χ1n) is 11.4. The van der Waals surface area contributed by atoms with Gasteiger partial charge in [-0.15, -0.1) is 0 Å². The number of methoxy groups -OCH3 is 1. The molecule has 0 radical (unpaired) electrons. The Balaban J connectivity index is 1.58. The molecule has 1 aliphatic heterocycles. The Hall–Kier alpha value is -4.19. The van der Waals surface area contributed by atoms with E-state index in [2.05, 4.69) is 20.3 Å². The van der Waals surface area contributed by atoms with E-state index in [1.54, 1.807) is 36.4 Å². The van der Waals surface area contributed by atoms with Crippen molar-refractivity contribution in [3.63, 3.8) is 0 Å². The maximum atomic E-state index is 13.2. The van der Waals surface area contributed by atoms with Gasteiger partial charge in [-0.25, -0.2) is 9.98 Å². The Morgan fingerprint density at radius 3 is 2.76 bits per heavy atom. The molecule has 0 fully saturated rings. The number of nitrogen functional groups attached to an aromatic ring is 1. The maximum absolute atomic E-state index is 13.2. The van der Waals surface area contributed by atoms with Crippen molar-refractivity contribution in [3.8, 4) is 5.75 Å². The molecule has 2 aromatic carbocycles. The van der Waals surface area contributed by atoms with E-state index in [0.29, 0.717) is 47.2 Å². The van der Waals surface area contributed by atoms with E-state index in [0.717, 1.165) is 11.1 Å². The van der Waals surface area contributed by atoms with Crippen LogP contribution in [-0.4, -0.2) is 59.8 Å². The maximum Gasteiger partial charge on any atom is 0.433 e. The van der Waals surface area contributed by atoms with Gasteiger partial charge in [-0.05, 0) is 41.3 Å². The third-order valence-corrected chi connectivity index (χ3v) is 6.02. The molecule has 6 N–H and O–H groups in total. The number of anilines is 1. The fourth-order valence-corrected chi connectivity index (χ4v) is 4.32. The number of fused-ring (bicyclic) bond motifs is 2. The van der Waals surface area contributed by atoms with E-state index in [1.807, 2.05) is 4.90 Å². The molecule has 194 valence electrons. The van der Waals surface area contributed by atoms with Crippen molar-refractivity contribution in [1.29, 1.82) is 10.8 Å². The van der Waals surface area contributed by atoms with Crippen LogP contribution in [0.25, 0.3) is 16.5 Å². The molecule has 0 bridgehead atoms. The van der Waals surface area contributed by atoms with Gasteiger partial charge < -0.3 is 20.8 Å². The number of amidine groups is 1. The lowest BCUT2D eigenvalue weighted by molar-refractivity contribution is -0.0578. The largest absolute Gasteiger partial charge is 0.494 e. The molecule has 0 atom stereocenters. The highest BCUT2D eigenvalue weighted by atomic mass is 19.4. The number of allylic oxidation sites excluding steroid dienone is 1. The first kappa shape index (κ1) is 25.9. The minimum atomic E-state index is -4.76. The number of aromatic nitrogens is 2. The average Bonchev–Trinajstić information content (AvgIpc) is 2.85. The summed E-state index contributed by atoms with van der Waals surface area (Å²) >= 11 is 0. The highest BCUT2D eigenvalue weighted by Gasteiger charge is 2.37. The van der Waals surface area contributed by atoms with Gasteiger partial charge in [-0.2, -0.15) is 13.2 Å². The molecular weight excluding hydrogens is 485 g/mol. The van der Waals surface area contributed by atoms with Crippen LogP contribution in [-0.2, 0) is 13.0 Å². The van der Waals surface area contributed by atoms with E-state index in [-0.39, 0.29) is 23.9 Å². The van der Waals surface area contributed by atoms with Gasteiger partial charge in [-0.3, -0.25) is 15.7 Å². The predicted octanol–water partition coefficient (Wildman–Crippen LogP) is 3.23. The Morgan fingerprint density at radius 2 is 2.05 bits per heavy atom. The van der Waals surface area contributed by atoms with Crippen LogP contribution < -0.4 is 21.3 Å². The summed E-state index contributed by atoms with van der Waals surface area (Å²) in [5.41, 5.74) is 7.37. The number of hydrogen-bond donors (Lipinski definition) is 5. The van der Waals surface area contributed by atoms with Crippen molar-refractivity contribution in [2.24, 2.45) is 4.99 Å². The van der Waals surface area contributed by atoms with Gasteiger partial charge in [0, 0.05) is 37.3 Å². The summed E-state index contributed by atoms with van der Waals surface area (Å²) in [5, 5.41) is 19.4. The molecule has 0 unspecified atom stereocenters. The molecule has 1 aromatic heterocycles. The van der Waals surface area contributed by atoms with Gasteiger partial charge in [0.25, 0.3) is 0 Å². The number of H-pyrrole nitrogens is 1. The molecule has 0 saturated heterocycles. The normalized spacial score (nSPS) is 14.9. The molecule has 0 aliphatic carbocycles. The van der Waals surface area contributed by atoms with Gasteiger partial charge in [-0.1, -0.05) is 18.2 Å². The van der Waals surface area contributed by atoms with E-state index < -0.39 is 11.9 Å². The molecule has 0 amide bonds. The van der Waals surface area contributed by atoms with Crippen molar-refractivity contribution in [1.82, 2.24) is 20.2 Å². The molecular formula is C25H27F3N8O. The summed E-state index contributed by atoms with van der Waals surface area (Å²) in [5.74, 6) is 0.757. The Morgan fingerprint density at radius 1 is 1.27 bits per heavy atom. The van der Waals surface area contributed by atoms with Crippen LogP contribution in [0, 0.1) is 10.8 Å². The molecule has 12 heteroatoms. The van der Waals surface area contributed by atoms with Crippen molar-refractivity contribution in [2.45, 2.75) is 19.1 Å². The Kier molecular flexibility index (Phi) is 7.30. The lowest BCUT2D eigenvalue weighted by Gasteiger charge is -2.28. The molecule has 1 aliphatic rings. The molecule has 37 heavy (non-hydrogen) atoms. The highest BCUT2D eigenvalue weighted by molar-refractivity contribution is 6.24. The van der Waals surface area contributed by atoms with Crippen LogP contribution in [0.3, 0.4) is 0 Å². The second-order valence-electron chi connectivity index (χ2n) is 8.55. The molecule has 0 saturated carbocycles. The quantitative estimate of drug-likeness (QED) is 0.255. The van der Waals surface area contributed by atoms with Gasteiger partial charge in [0.2, 0.25) is 0 Å². The fraction of sp³-hybridized carbons (Fsp3) is 0.280. The number of aromatic amines is 1. The van der Waals surface area contributed by atoms with Crippen LogP contribution in [0.2, 0.25) is 0 Å². The lowest BCUT2D eigenvalue weighted by Crippen LogP contribution is -2.35. The molecule has 4 rings (SSSR count). The van der Waals surface area contributed by atoms with Gasteiger partial charge >= 0.3 is 6.18 Å². The van der Waals surface area contributed by atoms with Gasteiger partial charge in [0.05, 0.1) is 13.7 Å². The van der Waals surface area contributed by atoms with Crippen LogP contribution >= 0.6 is 0 Å². The summed E-state index contributed by atoms with van der Waals surface area (Å²) in [6.45, 7) is 1.32. The first-order chi connectivity index (χ1) is 17.6. The van der Waals surface area contributed by atoms with E-state index >= 15 is 0 Å². The smallest absolute Gasteiger partial charge is 0.433 e. The minimum Gasteiger partial charge on any atom is -0.494 e. The third kappa shape index (κ3) is 5.64. The average molecular weight is 513 g/mol. The van der Waals surface area contributed by atoms with Crippen molar-refractivity contribution >= 4 is 34.0 Å². The number of nitrogens with zero attached hydrogens (tertiary/aromatic N) is 3. The number of halogens is 3.